The molecule has 1 aromatic carbocycles. The van der Waals surface area contributed by atoms with Crippen LogP contribution < -0.4 is 16.4 Å². The van der Waals surface area contributed by atoms with Crippen LogP contribution in [0.1, 0.15) is 38.3 Å². The van der Waals surface area contributed by atoms with Crippen LogP contribution in [0.4, 0.5) is 4.79 Å². The van der Waals surface area contributed by atoms with E-state index in [-0.39, 0.29) is 25.0 Å². The van der Waals surface area contributed by atoms with Crippen molar-refractivity contribution >= 4 is 29.5 Å². The Morgan fingerprint density at radius 3 is 2.38 bits per heavy atom. The molecule has 0 aliphatic heterocycles. The second-order valence-electron chi connectivity index (χ2n) is 5.35. The molecule has 0 unspecified atom stereocenters. The summed E-state index contributed by atoms with van der Waals surface area (Å²) in [6, 6.07) is 5.20. The third-order valence-corrected chi connectivity index (χ3v) is 3.60. The van der Waals surface area contributed by atoms with Crippen molar-refractivity contribution in [1.29, 1.82) is 0 Å². The van der Waals surface area contributed by atoms with Gasteiger partial charge in [0, 0.05) is 11.1 Å². The summed E-state index contributed by atoms with van der Waals surface area (Å²) < 4.78 is 4.94. The number of primary amides is 1. The Kier molecular flexibility index (Phi) is 8.05. The Morgan fingerprint density at radius 2 is 1.83 bits per heavy atom. The van der Waals surface area contributed by atoms with Gasteiger partial charge in [-0.25, -0.2) is 4.79 Å². The summed E-state index contributed by atoms with van der Waals surface area (Å²) in [5.41, 5.74) is 5.79. The van der Waals surface area contributed by atoms with Crippen molar-refractivity contribution in [2.75, 3.05) is 6.61 Å². The maximum absolute atomic E-state index is 11.9. The van der Waals surface area contributed by atoms with Crippen molar-refractivity contribution in [3.05, 3.63) is 34.9 Å². The van der Waals surface area contributed by atoms with Gasteiger partial charge in [0.1, 0.15) is 0 Å². The topological polar surface area (TPSA) is 111 Å². The average Bonchev–Trinajstić information content (AvgIpc) is 2.52. The molecule has 132 valence electrons. The predicted molar refractivity (Wildman–Crippen MR) is 90.4 cm³/mol. The van der Waals surface area contributed by atoms with E-state index >= 15 is 0 Å². The molecule has 0 aliphatic carbocycles. The Labute approximate surface area is 145 Å². The third-order valence-electron chi connectivity index (χ3n) is 3.34. The van der Waals surface area contributed by atoms with Crippen molar-refractivity contribution < 1.29 is 19.1 Å². The lowest BCUT2D eigenvalue weighted by molar-refractivity contribution is -0.149. The van der Waals surface area contributed by atoms with Gasteiger partial charge in [-0.1, -0.05) is 30.7 Å². The van der Waals surface area contributed by atoms with E-state index in [0.717, 1.165) is 6.42 Å². The first-order valence-electron chi connectivity index (χ1n) is 7.58. The predicted octanol–water partition coefficient (Wildman–Crippen LogP) is 1.90. The SMILES string of the molecule is CC[C@@H](C)NC(=O)COC(=O)C[C@@H](NC(N)=O)c1ccc(Cl)cc1. The molecule has 0 fully saturated rings. The lowest BCUT2D eigenvalue weighted by Crippen LogP contribution is -2.37. The van der Waals surface area contributed by atoms with E-state index < -0.39 is 18.0 Å². The molecule has 1 rings (SSSR count). The van der Waals surface area contributed by atoms with Gasteiger partial charge < -0.3 is 21.1 Å². The maximum Gasteiger partial charge on any atom is 0.312 e. The fraction of sp³-hybridized carbons (Fsp3) is 0.438. The second kappa shape index (κ2) is 9.77. The highest BCUT2D eigenvalue weighted by molar-refractivity contribution is 6.30. The van der Waals surface area contributed by atoms with Crippen LogP contribution in [0.25, 0.3) is 0 Å². The number of esters is 1. The fourth-order valence-electron chi connectivity index (χ4n) is 1.91. The first kappa shape index (κ1) is 19.8. The number of hydrogen-bond acceptors (Lipinski definition) is 4. The number of amides is 3. The van der Waals surface area contributed by atoms with Crippen LogP contribution in [0.15, 0.2) is 24.3 Å². The van der Waals surface area contributed by atoms with Gasteiger partial charge in [0.05, 0.1) is 12.5 Å². The van der Waals surface area contributed by atoms with Crippen LogP contribution in [-0.4, -0.2) is 30.6 Å². The normalized spacial score (nSPS) is 12.8. The minimum atomic E-state index is -0.766. The lowest BCUT2D eigenvalue weighted by atomic mass is 10.0. The molecule has 3 amide bonds. The average molecular weight is 356 g/mol. The number of urea groups is 1. The first-order valence-corrected chi connectivity index (χ1v) is 7.96. The highest BCUT2D eigenvalue weighted by Gasteiger charge is 2.19. The number of nitrogens with two attached hydrogens (primary N) is 1. The van der Waals surface area contributed by atoms with Crippen molar-refractivity contribution in [2.45, 2.75) is 38.8 Å². The van der Waals surface area contributed by atoms with E-state index in [9.17, 15) is 14.4 Å². The van der Waals surface area contributed by atoms with Crippen LogP contribution in [0.5, 0.6) is 0 Å². The standard InChI is InChI=1S/C16H22ClN3O4/c1-3-10(2)19-14(21)9-24-15(22)8-13(20-16(18)23)11-4-6-12(17)7-5-11/h4-7,10,13H,3,8-9H2,1-2H3,(H,19,21)(H3,18,20,23)/t10-,13-/m1/s1. The van der Waals surface area contributed by atoms with Gasteiger partial charge in [0.2, 0.25) is 0 Å². The van der Waals surface area contributed by atoms with E-state index in [1.165, 1.54) is 0 Å². The van der Waals surface area contributed by atoms with Crippen molar-refractivity contribution in [2.24, 2.45) is 5.73 Å². The quantitative estimate of drug-likeness (QED) is 0.618. The number of rotatable bonds is 8. The van der Waals surface area contributed by atoms with E-state index in [2.05, 4.69) is 10.6 Å². The zero-order chi connectivity index (χ0) is 18.1. The van der Waals surface area contributed by atoms with E-state index in [1.54, 1.807) is 24.3 Å². The summed E-state index contributed by atoms with van der Waals surface area (Å²) in [4.78, 5) is 34.6. The first-order chi connectivity index (χ1) is 11.3. The number of carbonyl (C=O) groups excluding carboxylic acids is 3. The highest BCUT2D eigenvalue weighted by Crippen LogP contribution is 2.19. The molecule has 8 heteroatoms. The molecule has 0 aliphatic rings. The van der Waals surface area contributed by atoms with Crippen molar-refractivity contribution in [3.63, 3.8) is 0 Å². The molecule has 1 aromatic rings. The molecule has 0 bridgehead atoms. The summed E-state index contributed by atoms with van der Waals surface area (Å²) >= 11 is 5.82. The summed E-state index contributed by atoms with van der Waals surface area (Å²) in [7, 11) is 0. The fourth-order valence-corrected chi connectivity index (χ4v) is 2.04. The number of hydrogen-bond donors (Lipinski definition) is 3. The van der Waals surface area contributed by atoms with Crippen molar-refractivity contribution in [3.8, 4) is 0 Å². The molecule has 0 saturated heterocycles. The Hall–Kier alpha value is -2.28. The molecule has 2 atom stereocenters. The van der Waals surface area contributed by atoms with E-state index in [0.29, 0.717) is 10.6 Å². The van der Waals surface area contributed by atoms with E-state index in [1.807, 2.05) is 13.8 Å². The van der Waals surface area contributed by atoms with Crippen LogP contribution in [0.3, 0.4) is 0 Å². The van der Waals surface area contributed by atoms with Gasteiger partial charge >= 0.3 is 12.0 Å². The smallest absolute Gasteiger partial charge is 0.312 e. The second-order valence-corrected chi connectivity index (χ2v) is 5.79. The lowest BCUT2D eigenvalue weighted by Gasteiger charge is -2.17. The number of carbonyl (C=O) groups is 3. The van der Waals surface area contributed by atoms with Crippen molar-refractivity contribution in [1.82, 2.24) is 10.6 Å². The van der Waals surface area contributed by atoms with Gasteiger partial charge in [-0.05, 0) is 31.0 Å². The Bertz CT molecular complexity index is 577. The summed E-state index contributed by atoms with van der Waals surface area (Å²) in [5.74, 6) is -0.994. The van der Waals surface area contributed by atoms with E-state index in [4.69, 9.17) is 22.1 Å². The molecule has 0 saturated carbocycles. The number of benzene rings is 1. The largest absolute Gasteiger partial charge is 0.456 e. The van der Waals surface area contributed by atoms with Gasteiger partial charge in [-0.3, -0.25) is 9.59 Å². The minimum Gasteiger partial charge on any atom is -0.456 e. The van der Waals surface area contributed by atoms with Crippen LogP contribution in [0.2, 0.25) is 5.02 Å². The molecular weight excluding hydrogens is 334 g/mol. The molecule has 7 nitrogen and oxygen atoms in total. The molecule has 4 N–H and O–H groups in total. The van der Waals surface area contributed by atoms with Crippen LogP contribution in [-0.2, 0) is 14.3 Å². The van der Waals surface area contributed by atoms with Crippen LogP contribution in [0, 0.1) is 0 Å². The molecule has 0 aromatic heterocycles. The molecule has 0 heterocycles. The maximum atomic E-state index is 11.9. The molecular formula is C16H22ClN3O4. The van der Waals surface area contributed by atoms with Gasteiger partial charge in [-0.15, -0.1) is 0 Å². The summed E-state index contributed by atoms with van der Waals surface area (Å²) in [6.45, 7) is 3.42. The van der Waals surface area contributed by atoms with Gasteiger partial charge in [0.15, 0.2) is 6.61 Å². The zero-order valence-electron chi connectivity index (χ0n) is 13.7. The van der Waals surface area contributed by atoms with Crippen LogP contribution >= 0.6 is 11.6 Å². The highest BCUT2D eigenvalue weighted by atomic mass is 35.5. The monoisotopic (exact) mass is 355 g/mol. The number of nitrogens with one attached hydrogen (secondary N) is 2. The molecule has 24 heavy (non-hydrogen) atoms. The van der Waals surface area contributed by atoms with Gasteiger partial charge in [0.25, 0.3) is 5.91 Å². The summed E-state index contributed by atoms with van der Waals surface area (Å²) in [5, 5.41) is 5.69. The Morgan fingerprint density at radius 1 is 1.21 bits per heavy atom. The minimum absolute atomic E-state index is 0.00884. The third kappa shape index (κ3) is 7.32. The molecule has 0 spiro atoms. The van der Waals surface area contributed by atoms with Gasteiger partial charge in [-0.2, -0.15) is 0 Å². The Balaban J connectivity index is 2.60. The summed E-state index contributed by atoms with van der Waals surface area (Å²) in [6.07, 6.45) is 0.627. The number of halogens is 1. The number of ether oxygens (including phenoxy) is 1. The molecule has 0 radical (unpaired) electrons. The zero-order valence-corrected chi connectivity index (χ0v) is 14.4.